The monoisotopic (exact) mass is 313 g/mol. The number of sulfonamides is 1. The Balaban J connectivity index is 1.91. The van der Waals surface area contributed by atoms with Crippen molar-refractivity contribution < 1.29 is 23.1 Å². The number of carboxylic acids is 1. The number of hydrogen-bond acceptors (Lipinski definition) is 4. The smallest absolute Gasteiger partial charge is 0.306 e. The van der Waals surface area contributed by atoms with Crippen LogP contribution in [0.5, 0.6) is 5.75 Å². The number of aliphatic carboxylic acids is 1. The zero-order valence-corrected chi connectivity index (χ0v) is 12.6. The Morgan fingerprint density at radius 3 is 2.95 bits per heavy atom. The van der Waals surface area contributed by atoms with E-state index in [0.29, 0.717) is 19.4 Å². The molecule has 0 saturated carbocycles. The predicted octanol–water partition coefficient (Wildman–Crippen LogP) is 1.40. The van der Waals surface area contributed by atoms with Gasteiger partial charge in [0.1, 0.15) is 5.75 Å². The molecule has 116 valence electrons. The molecule has 0 bridgehead atoms. The van der Waals surface area contributed by atoms with Crippen molar-refractivity contribution in [2.75, 3.05) is 13.2 Å². The van der Waals surface area contributed by atoms with Gasteiger partial charge < -0.3 is 9.84 Å². The summed E-state index contributed by atoms with van der Waals surface area (Å²) in [6, 6.07) is 4.82. The van der Waals surface area contributed by atoms with Crippen LogP contribution in [0.1, 0.15) is 25.3 Å². The maximum atomic E-state index is 12.1. The van der Waals surface area contributed by atoms with Gasteiger partial charge >= 0.3 is 5.97 Å². The van der Waals surface area contributed by atoms with Crippen LogP contribution in [0.4, 0.5) is 0 Å². The zero-order chi connectivity index (χ0) is 15.5. The Kier molecular flexibility index (Phi) is 4.84. The van der Waals surface area contributed by atoms with Gasteiger partial charge in [0.15, 0.2) is 0 Å². The molecule has 1 aliphatic rings. The highest BCUT2D eigenvalue weighted by molar-refractivity contribution is 7.89. The summed E-state index contributed by atoms with van der Waals surface area (Å²) in [5, 5.41) is 8.76. The van der Waals surface area contributed by atoms with E-state index in [1.54, 1.807) is 19.1 Å². The molecule has 2 rings (SSSR count). The van der Waals surface area contributed by atoms with Crippen LogP contribution in [0.25, 0.3) is 0 Å². The molecule has 2 N–H and O–H groups in total. The average Bonchev–Trinajstić information content (AvgIpc) is 2.90. The van der Waals surface area contributed by atoms with Gasteiger partial charge in [-0.15, -0.1) is 0 Å². The van der Waals surface area contributed by atoms with Crippen molar-refractivity contribution >= 4 is 16.0 Å². The number of rotatable bonds is 7. The van der Waals surface area contributed by atoms with Crippen LogP contribution >= 0.6 is 0 Å². The second kappa shape index (κ2) is 6.44. The Hall–Kier alpha value is -1.60. The minimum Gasteiger partial charge on any atom is -0.493 e. The van der Waals surface area contributed by atoms with E-state index in [9.17, 15) is 13.2 Å². The molecular formula is C14H19NO5S. The third kappa shape index (κ3) is 3.95. The predicted molar refractivity (Wildman–Crippen MR) is 76.9 cm³/mol. The third-order valence-corrected chi connectivity index (χ3v) is 4.96. The molecule has 0 aromatic heterocycles. The molecule has 1 aliphatic heterocycles. The molecule has 0 saturated heterocycles. The molecule has 1 unspecified atom stereocenters. The van der Waals surface area contributed by atoms with E-state index in [0.717, 1.165) is 17.7 Å². The highest BCUT2D eigenvalue weighted by Crippen LogP contribution is 2.27. The van der Waals surface area contributed by atoms with E-state index in [1.807, 2.05) is 0 Å². The highest BCUT2D eigenvalue weighted by Gasteiger charge is 2.19. The van der Waals surface area contributed by atoms with Crippen LogP contribution < -0.4 is 9.46 Å². The van der Waals surface area contributed by atoms with Crippen molar-refractivity contribution in [1.82, 2.24) is 4.72 Å². The van der Waals surface area contributed by atoms with Crippen molar-refractivity contribution in [3.05, 3.63) is 23.8 Å². The number of nitrogens with one attached hydrogen (secondary N) is 1. The summed E-state index contributed by atoms with van der Waals surface area (Å²) in [7, 11) is -3.55. The van der Waals surface area contributed by atoms with Gasteiger partial charge in [-0.25, -0.2) is 13.1 Å². The molecule has 1 aromatic rings. The van der Waals surface area contributed by atoms with Crippen molar-refractivity contribution in [1.29, 1.82) is 0 Å². The topological polar surface area (TPSA) is 92.7 Å². The fourth-order valence-electron chi connectivity index (χ4n) is 2.15. The molecule has 0 amide bonds. The first-order valence-corrected chi connectivity index (χ1v) is 8.36. The Morgan fingerprint density at radius 1 is 1.48 bits per heavy atom. The number of ether oxygens (including phenoxy) is 1. The first-order valence-electron chi connectivity index (χ1n) is 6.88. The summed E-state index contributed by atoms with van der Waals surface area (Å²) in [6.07, 6.45) is 1.64. The zero-order valence-electron chi connectivity index (χ0n) is 11.8. The molecule has 0 aliphatic carbocycles. The number of carboxylic acid groups (broad SMARTS) is 1. The molecular weight excluding hydrogens is 294 g/mol. The van der Waals surface area contributed by atoms with Gasteiger partial charge in [-0.2, -0.15) is 0 Å². The Labute approximate surface area is 124 Å². The largest absolute Gasteiger partial charge is 0.493 e. The lowest BCUT2D eigenvalue weighted by molar-refractivity contribution is -0.141. The summed E-state index contributed by atoms with van der Waals surface area (Å²) in [5.74, 6) is -0.590. The molecule has 1 atom stereocenters. The summed E-state index contributed by atoms with van der Waals surface area (Å²) < 4.78 is 32.1. The quantitative estimate of drug-likeness (QED) is 0.742. The van der Waals surface area contributed by atoms with Crippen LogP contribution in [-0.4, -0.2) is 32.6 Å². The van der Waals surface area contributed by atoms with Gasteiger partial charge in [0.05, 0.1) is 17.4 Å². The molecule has 1 heterocycles. The van der Waals surface area contributed by atoms with Crippen LogP contribution in [-0.2, 0) is 21.2 Å². The van der Waals surface area contributed by atoms with E-state index in [1.165, 1.54) is 6.07 Å². The van der Waals surface area contributed by atoms with Gasteiger partial charge in [0.2, 0.25) is 10.0 Å². The maximum Gasteiger partial charge on any atom is 0.306 e. The normalized spacial score (nSPS) is 15.3. The molecule has 1 aromatic carbocycles. The number of hydrogen-bond donors (Lipinski definition) is 2. The first-order chi connectivity index (χ1) is 9.90. The molecule has 21 heavy (non-hydrogen) atoms. The third-order valence-electron chi connectivity index (χ3n) is 3.50. The first kappa shape index (κ1) is 15.8. The molecule has 6 nitrogen and oxygen atoms in total. The van der Waals surface area contributed by atoms with Gasteiger partial charge in [0.25, 0.3) is 0 Å². The van der Waals surface area contributed by atoms with E-state index in [4.69, 9.17) is 9.84 Å². The summed E-state index contributed by atoms with van der Waals surface area (Å²) in [6.45, 7) is 2.42. The molecule has 0 spiro atoms. The van der Waals surface area contributed by atoms with Crippen molar-refractivity contribution in [2.24, 2.45) is 5.92 Å². The van der Waals surface area contributed by atoms with Gasteiger partial charge in [0, 0.05) is 13.0 Å². The van der Waals surface area contributed by atoms with Gasteiger partial charge in [-0.1, -0.05) is 6.92 Å². The second-order valence-corrected chi connectivity index (χ2v) is 6.91. The van der Waals surface area contributed by atoms with E-state index < -0.39 is 21.9 Å². The van der Waals surface area contributed by atoms with Gasteiger partial charge in [-0.05, 0) is 36.6 Å². The number of benzene rings is 1. The van der Waals surface area contributed by atoms with E-state index >= 15 is 0 Å². The lowest BCUT2D eigenvalue weighted by Crippen LogP contribution is -2.25. The fraction of sp³-hybridized carbons (Fsp3) is 0.500. The Morgan fingerprint density at radius 2 is 2.24 bits per heavy atom. The van der Waals surface area contributed by atoms with Crippen molar-refractivity contribution in [2.45, 2.75) is 31.1 Å². The maximum absolute atomic E-state index is 12.1. The second-order valence-electron chi connectivity index (χ2n) is 5.15. The lowest BCUT2D eigenvalue weighted by Gasteiger charge is -2.09. The minimum absolute atomic E-state index is 0.220. The van der Waals surface area contributed by atoms with E-state index in [2.05, 4.69) is 4.72 Å². The average molecular weight is 313 g/mol. The summed E-state index contributed by atoms with van der Waals surface area (Å²) in [4.78, 5) is 10.9. The molecule has 0 fully saturated rings. The molecule has 7 heteroatoms. The van der Waals surface area contributed by atoms with Crippen molar-refractivity contribution in [3.8, 4) is 5.75 Å². The van der Waals surface area contributed by atoms with Crippen molar-refractivity contribution in [3.63, 3.8) is 0 Å². The van der Waals surface area contributed by atoms with Crippen LogP contribution in [0.15, 0.2) is 23.1 Å². The lowest BCUT2D eigenvalue weighted by atomic mass is 10.1. The fourth-order valence-corrected chi connectivity index (χ4v) is 3.28. The highest BCUT2D eigenvalue weighted by atomic mass is 32.2. The molecule has 0 radical (unpaired) electrons. The van der Waals surface area contributed by atoms with Gasteiger partial charge in [-0.3, -0.25) is 4.79 Å². The van der Waals surface area contributed by atoms with Crippen LogP contribution in [0, 0.1) is 5.92 Å². The van der Waals surface area contributed by atoms with E-state index in [-0.39, 0.29) is 11.4 Å². The SMILES string of the molecule is CC(CCCNS(=O)(=O)c1ccc2c(c1)CCO2)C(=O)O. The number of fused-ring (bicyclic) bond motifs is 1. The van der Waals surface area contributed by atoms with Crippen LogP contribution in [0.3, 0.4) is 0 Å². The standard InChI is InChI=1S/C14H19NO5S/c1-10(14(16)17)3-2-7-15-21(18,19)12-4-5-13-11(9-12)6-8-20-13/h4-5,9-10,15H,2-3,6-8H2,1H3,(H,16,17). The number of carbonyl (C=O) groups is 1. The summed E-state index contributed by atoms with van der Waals surface area (Å²) in [5.41, 5.74) is 0.900. The summed E-state index contributed by atoms with van der Waals surface area (Å²) >= 11 is 0. The Bertz CT molecular complexity index is 626. The minimum atomic E-state index is -3.55. The van der Waals surface area contributed by atoms with Crippen LogP contribution in [0.2, 0.25) is 0 Å².